The first-order valence-electron chi connectivity index (χ1n) is 17.2. The first kappa shape index (κ1) is 29.7. The Morgan fingerprint density at radius 3 is 1.82 bits per heavy atom. The summed E-state index contributed by atoms with van der Waals surface area (Å²) in [5.41, 5.74) is 12.6. The van der Waals surface area contributed by atoms with Gasteiger partial charge in [-0.25, -0.2) is 15.0 Å². The average Bonchev–Trinajstić information content (AvgIpc) is 3.53. The van der Waals surface area contributed by atoms with Crippen molar-refractivity contribution in [2.24, 2.45) is 0 Å². The molecule has 2 heterocycles. The van der Waals surface area contributed by atoms with Gasteiger partial charge < -0.3 is 4.57 Å². The summed E-state index contributed by atoms with van der Waals surface area (Å²) >= 11 is 0. The molecule has 0 fully saturated rings. The zero-order valence-electron chi connectivity index (χ0n) is 27.8. The lowest BCUT2D eigenvalue weighted by Crippen LogP contribution is -2.00. The van der Waals surface area contributed by atoms with E-state index in [1.807, 2.05) is 60.7 Å². The van der Waals surface area contributed by atoms with Crippen molar-refractivity contribution in [2.75, 3.05) is 0 Å². The van der Waals surface area contributed by atoms with Gasteiger partial charge in [-0.3, -0.25) is 0 Å². The fourth-order valence-electron chi connectivity index (χ4n) is 7.18. The van der Waals surface area contributed by atoms with Crippen LogP contribution in [0, 0.1) is 6.92 Å². The molecule has 0 atom stereocenters. The predicted octanol–water partition coefficient (Wildman–Crippen LogP) is 11.7. The molecule has 50 heavy (non-hydrogen) atoms. The zero-order valence-corrected chi connectivity index (χ0v) is 27.8. The van der Waals surface area contributed by atoms with Crippen LogP contribution in [0.25, 0.3) is 78.4 Å². The Bertz CT molecular complexity index is 2520. The third kappa shape index (κ3) is 5.32. The van der Waals surface area contributed by atoms with Crippen molar-refractivity contribution in [3.8, 4) is 51.0 Å². The molecule has 0 N–H and O–H groups in total. The van der Waals surface area contributed by atoms with Gasteiger partial charge in [0, 0.05) is 33.2 Å². The summed E-state index contributed by atoms with van der Waals surface area (Å²) in [6.07, 6.45) is 8.81. The van der Waals surface area contributed by atoms with E-state index in [0.29, 0.717) is 17.5 Å². The standard InChI is InChI=1S/C46H34N4/c1-31-25-26-36(46-48-44(33-17-8-3-9-18-33)47-45(49-46)34-19-10-4-11-20-34)30-39(31)38-23-14-24-42-43(38)40-29-35(32-15-6-2-7-16-32)27-28-41(40)50(42)37-21-12-5-13-22-37/h2-6,8-15,17-30H,7,16H2,1H3. The van der Waals surface area contributed by atoms with Gasteiger partial charge in [-0.05, 0) is 84.0 Å². The Balaban J connectivity index is 1.27. The number of rotatable bonds is 6. The van der Waals surface area contributed by atoms with Gasteiger partial charge in [0.05, 0.1) is 11.0 Å². The highest BCUT2D eigenvalue weighted by atomic mass is 15.0. The normalized spacial score (nSPS) is 12.8. The van der Waals surface area contributed by atoms with Crippen molar-refractivity contribution in [1.82, 2.24) is 19.5 Å². The van der Waals surface area contributed by atoms with Crippen LogP contribution >= 0.6 is 0 Å². The number of allylic oxidation sites excluding steroid dienone is 4. The van der Waals surface area contributed by atoms with Gasteiger partial charge in [-0.15, -0.1) is 0 Å². The van der Waals surface area contributed by atoms with Crippen molar-refractivity contribution in [1.29, 1.82) is 0 Å². The number of hydrogen-bond acceptors (Lipinski definition) is 3. The van der Waals surface area contributed by atoms with Gasteiger partial charge >= 0.3 is 0 Å². The third-order valence-corrected chi connectivity index (χ3v) is 9.67. The van der Waals surface area contributed by atoms with Crippen LogP contribution in [-0.4, -0.2) is 19.5 Å². The molecule has 9 rings (SSSR count). The summed E-state index contributed by atoms with van der Waals surface area (Å²) < 4.78 is 2.40. The summed E-state index contributed by atoms with van der Waals surface area (Å²) in [7, 11) is 0. The molecule has 0 radical (unpaired) electrons. The molecule has 8 aromatic rings. The van der Waals surface area contributed by atoms with Gasteiger partial charge in [0.15, 0.2) is 17.5 Å². The van der Waals surface area contributed by atoms with Crippen LogP contribution in [0.15, 0.2) is 164 Å². The van der Waals surface area contributed by atoms with E-state index in [1.54, 1.807) is 0 Å². The maximum atomic E-state index is 5.05. The second-order valence-electron chi connectivity index (χ2n) is 12.8. The molecule has 4 heteroatoms. The van der Waals surface area contributed by atoms with E-state index < -0.39 is 0 Å². The molecule has 0 saturated carbocycles. The first-order chi connectivity index (χ1) is 24.7. The number of nitrogens with zero attached hydrogens (tertiary/aromatic N) is 4. The second kappa shape index (κ2) is 12.6. The van der Waals surface area contributed by atoms with Crippen LogP contribution in [0.5, 0.6) is 0 Å². The second-order valence-corrected chi connectivity index (χ2v) is 12.8. The molecule has 0 bridgehead atoms. The molecular weight excluding hydrogens is 609 g/mol. The summed E-state index contributed by atoms with van der Waals surface area (Å²) in [5.74, 6) is 1.96. The Labute approximate surface area is 291 Å². The molecule has 0 amide bonds. The van der Waals surface area contributed by atoms with E-state index in [2.05, 4.69) is 115 Å². The topological polar surface area (TPSA) is 43.6 Å². The Morgan fingerprint density at radius 1 is 0.520 bits per heavy atom. The summed E-state index contributed by atoms with van der Waals surface area (Å²) in [5, 5.41) is 2.49. The first-order valence-corrected chi connectivity index (χ1v) is 17.2. The highest BCUT2D eigenvalue weighted by Crippen LogP contribution is 2.42. The van der Waals surface area contributed by atoms with E-state index >= 15 is 0 Å². The van der Waals surface area contributed by atoms with Crippen LogP contribution in [0.3, 0.4) is 0 Å². The molecule has 2 aromatic heterocycles. The number of hydrogen-bond donors (Lipinski definition) is 0. The van der Waals surface area contributed by atoms with E-state index in [-0.39, 0.29) is 0 Å². The van der Waals surface area contributed by atoms with Crippen LogP contribution in [0.1, 0.15) is 24.0 Å². The molecule has 0 saturated heterocycles. The van der Waals surface area contributed by atoms with Crippen molar-refractivity contribution < 1.29 is 0 Å². The van der Waals surface area contributed by atoms with Gasteiger partial charge in [-0.2, -0.15) is 0 Å². The highest BCUT2D eigenvalue weighted by molar-refractivity contribution is 6.16. The lowest BCUT2D eigenvalue weighted by Gasteiger charge is -2.13. The fraction of sp³-hybridized carbons (Fsp3) is 0.0652. The number of aryl methyl sites for hydroxylation is 1. The van der Waals surface area contributed by atoms with Gasteiger partial charge in [0.25, 0.3) is 0 Å². The van der Waals surface area contributed by atoms with Crippen LogP contribution in [0.4, 0.5) is 0 Å². The number of para-hydroxylation sites is 1. The summed E-state index contributed by atoms with van der Waals surface area (Å²) in [4.78, 5) is 15.0. The van der Waals surface area contributed by atoms with Crippen molar-refractivity contribution >= 4 is 27.4 Å². The minimum absolute atomic E-state index is 0.650. The monoisotopic (exact) mass is 642 g/mol. The number of fused-ring (bicyclic) bond motifs is 3. The lowest BCUT2D eigenvalue weighted by molar-refractivity contribution is 1.05. The predicted molar refractivity (Wildman–Crippen MR) is 207 cm³/mol. The van der Waals surface area contributed by atoms with E-state index in [0.717, 1.165) is 40.8 Å². The minimum Gasteiger partial charge on any atom is -0.309 e. The van der Waals surface area contributed by atoms with E-state index in [9.17, 15) is 0 Å². The molecule has 0 aliphatic heterocycles. The Hall–Kier alpha value is -6.39. The fourth-order valence-corrected chi connectivity index (χ4v) is 7.18. The SMILES string of the molecule is Cc1ccc(-c2nc(-c3ccccc3)nc(-c3ccccc3)n2)cc1-c1cccc2c1c1cc(C3=CC=CCC3)ccc1n2-c1ccccc1. The number of aromatic nitrogens is 4. The van der Waals surface area contributed by atoms with Gasteiger partial charge in [0.2, 0.25) is 0 Å². The average molecular weight is 643 g/mol. The van der Waals surface area contributed by atoms with Crippen LogP contribution < -0.4 is 0 Å². The largest absolute Gasteiger partial charge is 0.309 e. The quantitative estimate of drug-likeness (QED) is 0.181. The van der Waals surface area contributed by atoms with E-state index in [1.165, 1.54) is 44.1 Å². The zero-order chi connectivity index (χ0) is 33.4. The Kier molecular flexibility index (Phi) is 7.47. The third-order valence-electron chi connectivity index (χ3n) is 9.67. The molecule has 1 aliphatic rings. The summed E-state index contributed by atoms with van der Waals surface area (Å²) in [6, 6.07) is 51.2. The molecule has 238 valence electrons. The summed E-state index contributed by atoms with van der Waals surface area (Å²) in [6.45, 7) is 2.19. The van der Waals surface area contributed by atoms with Gasteiger partial charge in [-0.1, -0.05) is 127 Å². The number of benzene rings is 6. The minimum atomic E-state index is 0.650. The Morgan fingerprint density at radius 2 is 1.16 bits per heavy atom. The van der Waals surface area contributed by atoms with Crippen LogP contribution in [-0.2, 0) is 0 Å². The van der Waals surface area contributed by atoms with Crippen molar-refractivity contribution in [2.45, 2.75) is 19.8 Å². The lowest BCUT2D eigenvalue weighted by atomic mass is 9.92. The molecule has 6 aromatic carbocycles. The van der Waals surface area contributed by atoms with E-state index in [4.69, 9.17) is 15.0 Å². The molecule has 4 nitrogen and oxygen atoms in total. The smallest absolute Gasteiger partial charge is 0.164 e. The maximum absolute atomic E-state index is 5.05. The highest BCUT2D eigenvalue weighted by Gasteiger charge is 2.20. The van der Waals surface area contributed by atoms with Crippen LogP contribution in [0.2, 0.25) is 0 Å². The van der Waals surface area contributed by atoms with Crippen molar-refractivity contribution in [3.05, 3.63) is 175 Å². The van der Waals surface area contributed by atoms with Crippen molar-refractivity contribution in [3.63, 3.8) is 0 Å². The molecule has 0 spiro atoms. The van der Waals surface area contributed by atoms with Gasteiger partial charge in [0.1, 0.15) is 0 Å². The molecule has 1 aliphatic carbocycles. The molecular formula is C46H34N4. The maximum Gasteiger partial charge on any atom is 0.164 e. The molecule has 0 unspecified atom stereocenters.